The summed E-state index contributed by atoms with van der Waals surface area (Å²) in [4.78, 5) is 36.4. The van der Waals surface area contributed by atoms with Gasteiger partial charge in [0.05, 0.1) is 18.3 Å². The second-order valence-corrected chi connectivity index (χ2v) is 14.6. The Kier molecular flexibility index (Phi) is 6.90. The first-order valence-electron chi connectivity index (χ1n) is 17.5. The number of benzene rings is 3. The van der Waals surface area contributed by atoms with E-state index in [9.17, 15) is 9.59 Å². The summed E-state index contributed by atoms with van der Waals surface area (Å²) in [7, 11) is 1.67. The molecule has 2 aliphatic heterocycles. The summed E-state index contributed by atoms with van der Waals surface area (Å²) in [6, 6.07) is 22.6. The van der Waals surface area contributed by atoms with Gasteiger partial charge in [0.1, 0.15) is 11.3 Å². The molecule has 48 heavy (non-hydrogen) atoms. The molecular formula is C39H42N6O3. The van der Waals surface area contributed by atoms with Crippen LogP contribution >= 0.6 is 0 Å². The number of hydrogen-bond acceptors (Lipinski definition) is 5. The number of aromatic nitrogens is 3. The second kappa shape index (κ2) is 11.2. The highest BCUT2D eigenvalue weighted by atomic mass is 16.5. The summed E-state index contributed by atoms with van der Waals surface area (Å²) >= 11 is 0. The number of fused-ring (bicyclic) bond motifs is 4. The van der Waals surface area contributed by atoms with Gasteiger partial charge in [-0.05, 0) is 80.8 Å². The highest BCUT2D eigenvalue weighted by Crippen LogP contribution is 2.41. The van der Waals surface area contributed by atoms with Crippen molar-refractivity contribution in [2.45, 2.75) is 57.8 Å². The minimum atomic E-state index is 0.000972. The number of nitrogens with two attached hydrogens (primary N) is 1. The predicted octanol–water partition coefficient (Wildman–Crippen LogP) is 5.72. The molecule has 2 unspecified atom stereocenters. The Morgan fingerprint density at radius 1 is 0.854 bits per heavy atom. The lowest BCUT2D eigenvalue weighted by Gasteiger charge is -2.40. The van der Waals surface area contributed by atoms with Crippen LogP contribution in [-0.2, 0) is 13.1 Å². The maximum atomic E-state index is 14.0. The Morgan fingerprint density at radius 3 is 2.33 bits per heavy atom. The molecular weight excluding hydrogens is 600 g/mol. The molecule has 4 heterocycles. The average molecular weight is 643 g/mol. The third-order valence-corrected chi connectivity index (χ3v) is 11.3. The standard InChI is InChI=1S/C39H42N6O3/c1-23-7-11-26(12-8-23)38(46)42-18-25(19-42)21-45-36-30(15-29(17-34(36)48-2)39(47)44-22-28-13-14-32(44)35(28)40)41-37(45)33-16-27-5-3-4-6-31(27)43(33)20-24-9-10-24/h3-8,11-12,15-17,24-25,28,32,35H,9-10,13-14,18-22,40H2,1-2H3/t28?,32?,35-/m1/s1. The Morgan fingerprint density at radius 2 is 1.62 bits per heavy atom. The number of carbonyl (C=O) groups excluding carboxylic acids is 2. The van der Waals surface area contributed by atoms with Crippen molar-refractivity contribution >= 4 is 33.8 Å². The molecule has 2 saturated carbocycles. The Balaban J connectivity index is 1.11. The van der Waals surface area contributed by atoms with E-state index in [0.717, 1.165) is 53.1 Å². The van der Waals surface area contributed by atoms with E-state index in [1.54, 1.807) is 7.11 Å². The Labute approximate surface area is 280 Å². The molecule has 9 heteroatoms. The zero-order valence-electron chi connectivity index (χ0n) is 27.6. The van der Waals surface area contributed by atoms with E-state index in [1.807, 2.05) is 53.1 Å². The number of amides is 2. The van der Waals surface area contributed by atoms with Crippen molar-refractivity contribution in [2.24, 2.45) is 23.5 Å². The summed E-state index contributed by atoms with van der Waals surface area (Å²) in [5.41, 5.74) is 12.8. The molecule has 2 aromatic heterocycles. The first-order chi connectivity index (χ1) is 23.4. The molecule has 2 saturated heterocycles. The van der Waals surface area contributed by atoms with Crippen LogP contribution in [0.1, 0.15) is 52.0 Å². The van der Waals surface area contributed by atoms with Crippen LogP contribution in [0.4, 0.5) is 0 Å². The van der Waals surface area contributed by atoms with Crippen LogP contribution in [0.2, 0.25) is 0 Å². The van der Waals surface area contributed by atoms with E-state index >= 15 is 0 Å². The van der Waals surface area contributed by atoms with Gasteiger partial charge in [0, 0.05) is 72.8 Å². The predicted molar refractivity (Wildman–Crippen MR) is 186 cm³/mol. The summed E-state index contributed by atoms with van der Waals surface area (Å²) in [5, 5.41) is 1.19. The molecule has 9 nitrogen and oxygen atoms in total. The third kappa shape index (κ3) is 4.81. The highest BCUT2D eigenvalue weighted by molar-refractivity contribution is 6.01. The van der Waals surface area contributed by atoms with E-state index in [4.69, 9.17) is 15.5 Å². The van der Waals surface area contributed by atoms with Gasteiger partial charge >= 0.3 is 0 Å². The molecule has 5 aromatic rings. The van der Waals surface area contributed by atoms with Crippen molar-refractivity contribution in [3.63, 3.8) is 0 Å². The Bertz CT molecular complexity index is 2070. The van der Waals surface area contributed by atoms with E-state index < -0.39 is 0 Å². The molecule has 2 bridgehead atoms. The number of aryl methyl sites for hydroxylation is 1. The normalized spacial score (nSPS) is 22.2. The van der Waals surface area contributed by atoms with E-state index in [0.29, 0.717) is 49.3 Å². The van der Waals surface area contributed by atoms with Gasteiger partial charge in [0.15, 0.2) is 5.82 Å². The first-order valence-corrected chi connectivity index (χ1v) is 17.5. The van der Waals surface area contributed by atoms with Gasteiger partial charge in [-0.25, -0.2) is 4.98 Å². The number of piperidine rings is 1. The molecule has 246 valence electrons. The largest absolute Gasteiger partial charge is 0.494 e. The number of likely N-dealkylation sites (tertiary alicyclic amines) is 2. The van der Waals surface area contributed by atoms with Gasteiger partial charge in [-0.15, -0.1) is 0 Å². The van der Waals surface area contributed by atoms with E-state index in [2.05, 4.69) is 39.5 Å². The van der Waals surface area contributed by atoms with Crippen molar-refractivity contribution in [3.05, 3.63) is 83.4 Å². The lowest BCUT2D eigenvalue weighted by atomic mass is 9.98. The topological polar surface area (TPSA) is 98.6 Å². The number of imidazole rings is 1. The number of methoxy groups -OCH3 is 1. The molecule has 4 fully saturated rings. The number of carbonyl (C=O) groups is 2. The van der Waals surface area contributed by atoms with Crippen molar-refractivity contribution in [2.75, 3.05) is 26.7 Å². The molecule has 0 spiro atoms. The van der Waals surface area contributed by atoms with Crippen molar-refractivity contribution < 1.29 is 14.3 Å². The van der Waals surface area contributed by atoms with Crippen LogP contribution in [0.3, 0.4) is 0 Å². The molecule has 3 aromatic carbocycles. The van der Waals surface area contributed by atoms with Crippen LogP contribution in [0.5, 0.6) is 5.75 Å². The van der Waals surface area contributed by atoms with Crippen LogP contribution in [0.15, 0.2) is 66.7 Å². The quantitative estimate of drug-likeness (QED) is 0.234. The van der Waals surface area contributed by atoms with Gasteiger partial charge in [-0.3, -0.25) is 9.59 Å². The number of rotatable bonds is 8. The maximum Gasteiger partial charge on any atom is 0.254 e. The summed E-state index contributed by atoms with van der Waals surface area (Å²) in [6.07, 6.45) is 4.55. The zero-order valence-corrected chi connectivity index (χ0v) is 27.6. The van der Waals surface area contributed by atoms with Crippen molar-refractivity contribution in [1.82, 2.24) is 23.9 Å². The molecule has 2 amide bonds. The summed E-state index contributed by atoms with van der Waals surface area (Å²) < 4.78 is 10.8. The Hall–Kier alpha value is -4.63. The fraction of sp³-hybridized carbons (Fsp3) is 0.410. The SMILES string of the molecule is COc1cc(C(=O)N2CC3CCC2[C@@H]3N)cc2nc(-c3cc4ccccc4n3CC3CC3)n(CC3CN(C(=O)c4ccc(C)cc4)C3)c12. The fourth-order valence-electron chi connectivity index (χ4n) is 8.47. The fourth-order valence-corrected chi connectivity index (χ4v) is 8.47. The maximum absolute atomic E-state index is 14.0. The second-order valence-electron chi connectivity index (χ2n) is 14.6. The first kappa shape index (κ1) is 29.5. The van der Waals surface area contributed by atoms with Crippen molar-refractivity contribution in [1.29, 1.82) is 0 Å². The molecule has 4 aliphatic rings. The molecule has 3 atom stereocenters. The number of hydrogen-bond donors (Lipinski definition) is 1. The zero-order chi connectivity index (χ0) is 32.7. The van der Waals surface area contributed by atoms with Gasteiger partial charge < -0.3 is 29.4 Å². The molecule has 2 N–H and O–H groups in total. The number of para-hydroxylation sites is 1. The van der Waals surface area contributed by atoms with Gasteiger partial charge in [0.25, 0.3) is 11.8 Å². The average Bonchev–Trinajstić information content (AvgIpc) is 3.44. The highest BCUT2D eigenvalue weighted by Gasteiger charge is 2.47. The molecule has 0 radical (unpaired) electrons. The van der Waals surface area contributed by atoms with Gasteiger partial charge in [-0.1, -0.05) is 35.9 Å². The number of nitrogens with zero attached hydrogens (tertiary/aromatic N) is 5. The lowest BCUT2D eigenvalue weighted by Crippen LogP contribution is -2.51. The van der Waals surface area contributed by atoms with Gasteiger partial charge in [-0.2, -0.15) is 0 Å². The summed E-state index contributed by atoms with van der Waals surface area (Å²) in [6.45, 7) is 5.73. The minimum absolute atomic E-state index is 0.000972. The third-order valence-electron chi connectivity index (χ3n) is 11.3. The smallest absolute Gasteiger partial charge is 0.254 e. The van der Waals surface area contributed by atoms with Gasteiger partial charge in [0.2, 0.25) is 0 Å². The minimum Gasteiger partial charge on any atom is -0.494 e. The summed E-state index contributed by atoms with van der Waals surface area (Å²) in [5.74, 6) is 2.89. The van der Waals surface area contributed by atoms with E-state index in [1.165, 1.54) is 23.7 Å². The van der Waals surface area contributed by atoms with E-state index in [-0.39, 0.29) is 29.8 Å². The molecule has 2 aliphatic carbocycles. The van der Waals surface area contributed by atoms with Crippen LogP contribution in [-0.4, -0.2) is 74.6 Å². The number of ether oxygens (including phenoxy) is 1. The molecule has 9 rings (SSSR count). The monoisotopic (exact) mass is 642 g/mol. The van der Waals surface area contributed by atoms with Crippen molar-refractivity contribution in [3.8, 4) is 17.3 Å². The van der Waals surface area contributed by atoms with Crippen LogP contribution < -0.4 is 10.5 Å². The van der Waals surface area contributed by atoms with Crippen LogP contribution in [0, 0.1) is 24.7 Å². The lowest BCUT2D eigenvalue weighted by molar-refractivity contribution is 0.0471. The van der Waals surface area contributed by atoms with Crippen LogP contribution in [0.25, 0.3) is 33.5 Å².